The van der Waals surface area contributed by atoms with Crippen LogP contribution in [0.15, 0.2) is 66.7 Å². The number of hydrogen-bond donors (Lipinski definition) is 0. The van der Waals surface area contributed by atoms with Crippen LogP contribution in [0.2, 0.25) is 0 Å². The molecule has 4 rings (SSSR count). The summed E-state index contributed by atoms with van der Waals surface area (Å²) < 4.78 is 30.9. The molecule has 0 N–H and O–H groups in total. The van der Waals surface area contributed by atoms with Crippen LogP contribution in [0.4, 0.5) is 10.1 Å². The van der Waals surface area contributed by atoms with E-state index >= 15 is 0 Å². The predicted molar refractivity (Wildman–Crippen MR) is 103 cm³/mol. The van der Waals surface area contributed by atoms with Crippen molar-refractivity contribution in [3.05, 3.63) is 105 Å². The van der Waals surface area contributed by atoms with E-state index in [2.05, 4.69) is 0 Å². The van der Waals surface area contributed by atoms with Crippen LogP contribution in [0.3, 0.4) is 0 Å². The number of fused-ring (bicyclic) bond motifs is 1. The van der Waals surface area contributed by atoms with Crippen molar-refractivity contribution in [2.24, 2.45) is 0 Å². The van der Waals surface area contributed by atoms with Gasteiger partial charge < -0.3 is 14.2 Å². The minimum atomic E-state index is -0.882. The summed E-state index contributed by atoms with van der Waals surface area (Å²) in [6.45, 7) is -0.190. The van der Waals surface area contributed by atoms with Crippen LogP contribution >= 0.6 is 0 Å². The van der Waals surface area contributed by atoms with Gasteiger partial charge in [-0.25, -0.2) is 9.18 Å². The van der Waals surface area contributed by atoms with E-state index in [0.29, 0.717) is 16.9 Å². The van der Waals surface area contributed by atoms with Crippen molar-refractivity contribution in [2.45, 2.75) is 19.5 Å². The lowest BCUT2D eigenvalue weighted by Gasteiger charge is -2.28. The van der Waals surface area contributed by atoms with E-state index in [0.717, 1.165) is 5.56 Å². The number of para-hydroxylation sites is 1. The molecule has 0 aliphatic carbocycles. The van der Waals surface area contributed by atoms with E-state index in [-0.39, 0.29) is 24.5 Å². The van der Waals surface area contributed by atoms with Crippen LogP contribution in [-0.2, 0) is 22.7 Å². The van der Waals surface area contributed by atoms with Gasteiger partial charge in [-0.05, 0) is 18.2 Å². The molecule has 0 bridgehead atoms. The summed E-state index contributed by atoms with van der Waals surface area (Å²) in [4.78, 5) is 22.9. The molecule has 3 aromatic carbocycles. The highest BCUT2D eigenvalue weighted by molar-refractivity contribution is 5.93. The zero-order valence-electron chi connectivity index (χ0n) is 15.6. The second kappa shape index (κ2) is 8.30. The smallest absolute Gasteiger partial charge is 0.345 e. The first-order valence-electron chi connectivity index (χ1n) is 9.08. The topological polar surface area (TPSA) is 87.9 Å². The monoisotopic (exact) mass is 409 g/mol. The maximum atomic E-state index is 14.1. The second-order valence-corrected chi connectivity index (χ2v) is 6.58. The van der Waals surface area contributed by atoms with Gasteiger partial charge >= 0.3 is 5.97 Å². The average Bonchev–Trinajstić information content (AvgIpc) is 2.77. The first-order valence-corrected chi connectivity index (χ1v) is 9.08. The minimum absolute atomic E-state index is 0.123. The molecule has 0 spiro atoms. The van der Waals surface area contributed by atoms with E-state index in [1.807, 2.05) is 30.3 Å². The predicted octanol–water partition coefficient (Wildman–Crippen LogP) is 4.70. The summed E-state index contributed by atoms with van der Waals surface area (Å²) in [6, 6.07) is 17.2. The lowest BCUT2D eigenvalue weighted by atomic mass is 10.1. The van der Waals surface area contributed by atoms with Crippen LogP contribution in [-0.4, -0.2) is 10.9 Å². The quantitative estimate of drug-likeness (QED) is 0.345. The van der Waals surface area contributed by atoms with Crippen molar-refractivity contribution in [3.8, 4) is 5.75 Å². The fourth-order valence-electron chi connectivity index (χ4n) is 3.19. The molecule has 8 heteroatoms. The summed E-state index contributed by atoms with van der Waals surface area (Å²) in [6.07, 6.45) is -0.686. The van der Waals surface area contributed by atoms with E-state index in [1.165, 1.54) is 36.4 Å². The average molecular weight is 409 g/mol. The third-order valence-corrected chi connectivity index (χ3v) is 4.57. The van der Waals surface area contributed by atoms with Gasteiger partial charge in [0.1, 0.15) is 23.7 Å². The maximum absolute atomic E-state index is 14.1. The molecule has 152 valence electrons. The van der Waals surface area contributed by atoms with Crippen molar-refractivity contribution in [1.29, 1.82) is 0 Å². The van der Waals surface area contributed by atoms with Gasteiger partial charge in [0.05, 0.1) is 11.5 Å². The minimum Gasteiger partial charge on any atom is -0.460 e. The molecule has 0 unspecified atom stereocenters. The molecule has 0 aromatic heterocycles. The van der Waals surface area contributed by atoms with Crippen molar-refractivity contribution in [1.82, 2.24) is 0 Å². The van der Waals surface area contributed by atoms with Crippen LogP contribution in [0, 0.1) is 15.9 Å². The third kappa shape index (κ3) is 3.99. The van der Waals surface area contributed by atoms with Gasteiger partial charge in [-0.1, -0.05) is 42.5 Å². The van der Waals surface area contributed by atoms with Gasteiger partial charge in [-0.2, -0.15) is 0 Å². The Morgan fingerprint density at radius 1 is 1.13 bits per heavy atom. The summed E-state index contributed by atoms with van der Waals surface area (Å²) in [5.74, 6) is -1.05. The largest absolute Gasteiger partial charge is 0.460 e. The number of hydrogen-bond acceptors (Lipinski definition) is 6. The standard InChI is InChI=1S/C22H16FNO6/c23-17-10-15(12-28-21(25)18-8-4-5-9-19(18)24(26)27)20-16(11-17)13-29-22(30-20)14-6-2-1-3-7-14/h1-11,22H,12-13H2/t22-/m1/s1. The SMILES string of the molecule is O=C(OCc1cc(F)cc2c1O[C@H](c1ccccc1)OC2)c1ccccc1[N+](=O)[O-]. The number of rotatable bonds is 5. The summed E-state index contributed by atoms with van der Waals surface area (Å²) in [7, 11) is 0. The molecule has 1 heterocycles. The molecule has 0 saturated carbocycles. The van der Waals surface area contributed by atoms with Gasteiger partial charge in [0.25, 0.3) is 5.69 Å². The van der Waals surface area contributed by atoms with Crippen LogP contribution < -0.4 is 4.74 Å². The Bertz CT molecular complexity index is 1100. The Morgan fingerprint density at radius 2 is 1.87 bits per heavy atom. The molecule has 0 radical (unpaired) electrons. The molecule has 0 saturated heterocycles. The normalized spacial score (nSPS) is 15.0. The molecule has 7 nitrogen and oxygen atoms in total. The maximum Gasteiger partial charge on any atom is 0.345 e. The van der Waals surface area contributed by atoms with Crippen LogP contribution in [0.1, 0.15) is 33.3 Å². The van der Waals surface area contributed by atoms with Crippen LogP contribution in [0.5, 0.6) is 5.75 Å². The number of carbonyl (C=O) groups is 1. The Balaban J connectivity index is 1.57. The first-order chi connectivity index (χ1) is 14.5. The Kier molecular flexibility index (Phi) is 5.40. The second-order valence-electron chi connectivity index (χ2n) is 6.58. The number of ether oxygens (including phenoxy) is 3. The summed E-state index contributed by atoms with van der Waals surface area (Å²) in [5.41, 5.74) is 1.03. The first kappa shape index (κ1) is 19.5. The summed E-state index contributed by atoms with van der Waals surface area (Å²) >= 11 is 0. The Hall–Kier alpha value is -3.78. The highest BCUT2D eigenvalue weighted by atomic mass is 19.1. The zero-order chi connectivity index (χ0) is 21.1. The van der Waals surface area contributed by atoms with Crippen molar-refractivity contribution in [2.75, 3.05) is 0 Å². The molecule has 3 aromatic rings. The number of halogens is 1. The Morgan fingerprint density at radius 3 is 2.63 bits per heavy atom. The van der Waals surface area contributed by atoms with Gasteiger partial charge in [-0.15, -0.1) is 0 Å². The van der Waals surface area contributed by atoms with Crippen LogP contribution in [0.25, 0.3) is 0 Å². The van der Waals surface area contributed by atoms with Gasteiger partial charge in [0.15, 0.2) is 0 Å². The van der Waals surface area contributed by atoms with E-state index in [1.54, 1.807) is 0 Å². The zero-order valence-corrected chi connectivity index (χ0v) is 15.6. The third-order valence-electron chi connectivity index (χ3n) is 4.57. The molecule has 0 amide bonds. The van der Waals surface area contributed by atoms with Gasteiger partial charge in [0, 0.05) is 22.8 Å². The van der Waals surface area contributed by atoms with E-state index < -0.39 is 23.0 Å². The van der Waals surface area contributed by atoms with Crippen molar-refractivity contribution in [3.63, 3.8) is 0 Å². The number of esters is 1. The summed E-state index contributed by atoms with van der Waals surface area (Å²) in [5, 5.41) is 11.1. The lowest BCUT2D eigenvalue weighted by Crippen LogP contribution is -2.20. The molecule has 0 fully saturated rings. The fourth-order valence-corrected chi connectivity index (χ4v) is 3.19. The lowest BCUT2D eigenvalue weighted by molar-refractivity contribution is -0.385. The highest BCUT2D eigenvalue weighted by Gasteiger charge is 2.26. The number of nitro groups is 1. The van der Waals surface area contributed by atoms with Gasteiger partial charge in [0.2, 0.25) is 6.29 Å². The van der Waals surface area contributed by atoms with Gasteiger partial charge in [-0.3, -0.25) is 10.1 Å². The number of nitrogens with zero attached hydrogens (tertiary/aromatic N) is 1. The number of benzene rings is 3. The van der Waals surface area contributed by atoms with E-state index in [9.17, 15) is 19.3 Å². The number of carbonyl (C=O) groups excluding carboxylic acids is 1. The highest BCUT2D eigenvalue weighted by Crippen LogP contribution is 2.37. The molecule has 1 aliphatic heterocycles. The Labute approximate surface area is 170 Å². The molecular formula is C22H16FNO6. The van der Waals surface area contributed by atoms with Crippen molar-refractivity contribution < 1.29 is 28.3 Å². The van der Waals surface area contributed by atoms with Crippen molar-refractivity contribution >= 4 is 11.7 Å². The van der Waals surface area contributed by atoms with E-state index in [4.69, 9.17) is 14.2 Å². The molecule has 1 aliphatic rings. The fraction of sp³-hybridized carbons (Fsp3) is 0.136. The number of nitro benzene ring substituents is 1. The molecule has 30 heavy (non-hydrogen) atoms. The molecule has 1 atom stereocenters. The molecular weight excluding hydrogens is 393 g/mol.